The first-order valence-corrected chi connectivity index (χ1v) is 5.13. The molecule has 0 bridgehead atoms. The molecule has 1 heteroatoms. The van der Waals surface area contributed by atoms with Crippen molar-refractivity contribution in [1.82, 2.24) is 0 Å². The van der Waals surface area contributed by atoms with Gasteiger partial charge in [0.15, 0.2) is 0 Å². The molecule has 0 aromatic carbocycles. The van der Waals surface area contributed by atoms with Crippen LogP contribution in [0.4, 0.5) is 0 Å². The van der Waals surface area contributed by atoms with Crippen LogP contribution in [-0.2, 0) is 0 Å². The van der Waals surface area contributed by atoms with Gasteiger partial charge in [0, 0.05) is 12.8 Å². The zero-order valence-corrected chi connectivity index (χ0v) is 10.4. The minimum Gasteiger partial charge on any atom is -0.297 e. The molecule has 0 unspecified atom stereocenters. The van der Waals surface area contributed by atoms with E-state index in [1.807, 2.05) is 7.05 Å². The van der Waals surface area contributed by atoms with Gasteiger partial charge in [0.25, 0.3) is 0 Å². The second-order valence-electron chi connectivity index (χ2n) is 5.98. The fourth-order valence-corrected chi connectivity index (χ4v) is 1.32. The summed E-state index contributed by atoms with van der Waals surface area (Å²) >= 11 is 0. The molecule has 0 aromatic rings. The van der Waals surface area contributed by atoms with Gasteiger partial charge < -0.3 is 0 Å². The number of aliphatic imine (C=N–C) groups is 1. The van der Waals surface area contributed by atoms with E-state index in [-0.39, 0.29) is 5.41 Å². The fourth-order valence-electron chi connectivity index (χ4n) is 1.32. The van der Waals surface area contributed by atoms with Crippen molar-refractivity contribution < 1.29 is 0 Å². The van der Waals surface area contributed by atoms with Crippen molar-refractivity contribution in [1.29, 1.82) is 0 Å². The van der Waals surface area contributed by atoms with E-state index in [1.54, 1.807) is 0 Å². The smallest absolute Gasteiger partial charge is 0.0276 e. The summed E-state index contributed by atoms with van der Waals surface area (Å²) in [5, 5.41) is 0. The van der Waals surface area contributed by atoms with E-state index >= 15 is 0 Å². The molecule has 0 radical (unpaired) electrons. The molecule has 0 aliphatic rings. The van der Waals surface area contributed by atoms with E-state index in [0.717, 1.165) is 6.42 Å². The molecule has 0 fully saturated rings. The van der Waals surface area contributed by atoms with Gasteiger partial charge in [0.1, 0.15) is 0 Å². The SMILES string of the molecule is CN=C(CCC(C)(C)C)C(C)(C)C. The molecule has 78 valence electrons. The van der Waals surface area contributed by atoms with Crippen molar-refractivity contribution in [2.24, 2.45) is 15.8 Å². The fraction of sp³-hybridized carbons (Fsp3) is 0.917. The highest BCUT2D eigenvalue weighted by atomic mass is 14.7. The van der Waals surface area contributed by atoms with Gasteiger partial charge in [-0.2, -0.15) is 0 Å². The van der Waals surface area contributed by atoms with Gasteiger partial charge in [0.05, 0.1) is 0 Å². The lowest BCUT2D eigenvalue weighted by Gasteiger charge is -2.25. The molecule has 13 heavy (non-hydrogen) atoms. The van der Waals surface area contributed by atoms with Crippen LogP contribution in [0.3, 0.4) is 0 Å². The Bertz CT molecular complexity index is 176. The summed E-state index contributed by atoms with van der Waals surface area (Å²) in [5.74, 6) is 0. The molecule has 0 rings (SSSR count). The predicted octanol–water partition coefficient (Wildman–Crippen LogP) is 3.93. The first-order chi connectivity index (χ1) is 5.67. The third-order valence-electron chi connectivity index (χ3n) is 2.25. The van der Waals surface area contributed by atoms with Crippen LogP contribution in [-0.4, -0.2) is 12.8 Å². The predicted molar refractivity (Wildman–Crippen MR) is 61.5 cm³/mol. The van der Waals surface area contributed by atoms with Gasteiger partial charge in [-0.15, -0.1) is 0 Å². The van der Waals surface area contributed by atoms with Crippen molar-refractivity contribution in [3.8, 4) is 0 Å². The molecule has 0 heterocycles. The largest absolute Gasteiger partial charge is 0.297 e. The Morgan fingerprint density at radius 2 is 1.46 bits per heavy atom. The minimum absolute atomic E-state index is 0.236. The van der Waals surface area contributed by atoms with Crippen molar-refractivity contribution in [3.05, 3.63) is 0 Å². The number of hydrogen-bond acceptors (Lipinski definition) is 1. The van der Waals surface area contributed by atoms with Crippen LogP contribution in [0.1, 0.15) is 54.4 Å². The highest BCUT2D eigenvalue weighted by molar-refractivity contribution is 5.89. The molecule has 0 spiro atoms. The van der Waals surface area contributed by atoms with E-state index in [2.05, 4.69) is 46.5 Å². The molecule has 0 aliphatic heterocycles. The Labute approximate surface area is 83.6 Å². The molecule has 0 aliphatic carbocycles. The summed E-state index contributed by atoms with van der Waals surface area (Å²) in [6, 6.07) is 0. The van der Waals surface area contributed by atoms with E-state index in [1.165, 1.54) is 12.1 Å². The summed E-state index contributed by atoms with van der Waals surface area (Å²) in [6.45, 7) is 13.5. The Balaban J connectivity index is 4.20. The lowest BCUT2D eigenvalue weighted by Crippen LogP contribution is -2.22. The number of rotatable bonds is 2. The third-order valence-corrected chi connectivity index (χ3v) is 2.25. The highest BCUT2D eigenvalue weighted by Gasteiger charge is 2.20. The molecule has 1 nitrogen and oxygen atoms in total. The Morgan fingerprint density at radius 1 is 1.00 bits per heavy atom. The minimum atomic E-state index is 0.236. The van der Waals surface area contributed by atoms with Gasteiger partial charge in [-0.05, 0) is 23.7 Å². The Morgan fingerprint density at radius 3 is 1.69 bits per heavy atom. The molecule has 0 saturated heterocycles. The van der Waals surface area contributed by atoms with E-state index in [9.17, 15) is 0 Å². The maximum atomic E-state index is 4.38. The van der Waals surface area contributed by atoms with Crippen molar-refractivity contribution >= 4 is 5.71 Å². The van der Waals surface area contributed by atoms with Crippen molar-refractivity contribution in [2.45, 2.75) is 54.4 Å². The molecular weight excluding hydrogens is 158 g/mol. The summed E-state index contributed by atoms with van der Waals surface area (Å²) < 4.78 is 0. The summed E-state index contributed by atoms with van der Waals surface area (Å²) in [4.78, 5) is 4.38. The summed E-state index contributed by atoms with van der Waals surface area (Å²) in [6.07, 6.45) is 2.35. The van der Waals surface area contributed by atoms with Crippen molar-refractivity contribution in [3.63, 3.8) is 0 Å². The monoisotopic (exact) mass is 183 g/mol. The van der Waals surface area contributed by atoms with Gasteiger partial charge >= 0.3 is 0 Å². The summed E-state index contributed by atoms with van der Waals surface area (Å²) in [5.41, 5.74) is 1.99. The first-order valence-electron chi connectivity index (χ1n) is 5.13. The average Bonchev–Trinajstić information content (AvgIpc) is 1.82. The number of hydrogen-bond donors (Lipinski definition) is 0. The molecule has 0 aromatic heterocycles. The van der Waals surface area contributed by atoms with Crippen LogP contribution in [0.15, 0.2) is 4.99 Å². The van der Waals surface area contributed by atoms with Crippen molar-refractivity contribution in [2.75, 3.05) is 7.05 Å². The van der Waals surface area contributed by atoms with Crippen LogP contribution in [0.2, 0.25) is 0 Å². The maximum Gasteiger partial charge on any atom is 0.0276 e. The standard InChI is InChI=1S/C12H25N/c1-11(2,3)9-8-10(13-7)12(4,5)6/h8-9H2,1-7H3. The second kappa shape index (κ2) is 4.26. The number of nitrogens with zero attached hydrogens (tertiary/aromatic N) is 1. The lowest BCUT2D eigenvalue weighted by molar-refractivity contribution is 0.380. The van der Waals surface area contributed by atoms with Crippen LogP contribution in [0.5, 0.6) is 0 Å². The summed E-state index contributed by atoms with van der Waals surface area (Å²) in [7, 11) is 1.91. The van der Waals surface area contributed by atoms with Crippen LogP contribution in [0.25, 0.3) is 0 Å². The average molecular weight is 183 g/mol. The topological polar surface area (TPSA) is 12.4 Å². The zero-order valence-electron chi connectivity index (χ0n) is 10.4. The molecular formula is C12H25N. The van der Waals surface area contributed by atoms with Crippen LogP contribution in [0, 0.1) is 10.8 Å². The van der Waals surface area contributed by atoms with E-state index < -0.39 is 0 Å². The van der Waals surface area contributed by atoms with Crippen LogP contribution < -0.4 is 0 Å². The van der Waals surface area contributed by atoms with Gasteiger partial charge in [-0.25, -0.2) is 0 Å². The molecule has 0 saturated carbocycles. The van der Waals surface area contributed by atoms with Gasteiger partial charge in [-0.3, -0.25) is 4.99 Å². The molecule has 0 atom stereocenters. The molecule has 0 amide bonds. The lowest BCUT2D eigenvalue weighted by atomic mass is 9.82. The quantitative estimate of drug-likeness (QED) is 0.575. The van der Waals surface area contributed by atoms with Crippen LogP contribution >= 0.6 is 0 Å². The van der Waals surface area contributed by atoms with Gasteiger partial charge in [0.2, 0.25) is 0 Å². The first kappa shape index (κ1) is 12.7. The van der Waals surface area contributed by atoms with E-state index in [0.29, 0.717) is 5.41 Å². The molecule has 0 N–H and O–H groups in total. The normalized spacial score (nSPS) is 14.8. The Kier molecular flexibility index (Phi) is 4.15. The second-order valence-corrected chi connectivity index (χ2v) is 5.98. The Hall–Kier alpha value is -0.330. The van der Waals surface area contributed by atoms with Gasteiger partial charge in [-0.1, -0.05) is 41.5 Å². The third kappa shape index (κ3) is 5.84. The highest BCUT2D eigenvalue weighted by Crippen LogP contribution is 2.26. The maximum absolute atomic E-state index is 4.38. The zero-order chi connectivity index (χ0) is 10.7. The van der Waals surface area contributed by atoms with E-state index in [4.69, 9.17) is 0 Å².